The Labute approximate surface area is 104 Å². The molecule has 1 aliphatic rings. The molecule has 2 rings (SSSR count). The van der Waals surface area contributed by atoms with Gasteiger partial charge in [-0.2, -0.15) is 0 Å². The number of benzene rings is 1. The van der Waals surface area contributed by atoms with Gasteiger partial charge in [0.15, 0.2) is 0 Å². The van der Waals surface area contributed by atoms with Crippen molar-refractivity contribution in [2.45, 2.75) is 38.6 Å². The van der Waals surface area contributed by atoms with E-state index in [0.29, 0.717) is 5.92 Å². The Morgan fingerprint density at radius 3 is 2.35 bits per heavy atom. The summed E-state index contributed by atoms with van der Waals surface area (Å²) in [4.78, 5) is 0. The highest BCUT2D eigenvalue weighted by atomic mass is 16.3. The topological polar surface area (TPSA) is 32.3 Å². The fraction of sp³-hybridized carbons (Fsp3) is 0.600. The Morgan fingerprint density at radius 2 is 1.88 bits per heavy atom. The summed E-state index contributed by atoms with van der Waals surface area (Å²) in [5.74, 6) is 1.41. The summed E-state index contributed by atoms with van der Waals surface area (Å²) < 4.78 is 0. The first-order chi connectivity index (χ1) is 8.20. The zero-order valence-electron chi connectivity index (χ0n) is 10.8. The van der Waals surface area contributed by atoms with E-state index in [1.807, 2.05) is 0 Å². The lowest BCUT2D eigenvalue weighted by molar-refractivity contribution is 0.241. The second-order valence-electron chi connectivity index (χ2n) is 5.48. The maximum absolute atomic E-state index is 9.42. The zero-order valence-corrected chi connectivity index (χ0v) is 10.8. The predicted molar refractivity (Wildman–Crippen MR) is 71.1 cm³/mol. The number of hydrogen-bond acceptors (Lipinski definition) is 2. The number of aliphatic hydroxyl groups is 1. The second-order valence-corrected chi connectivity index (χ2v) is 5.48. The first-order valence-corrected chi connectivity index (χ1v) is 6.64. The average molecular weight is 233 g/mol. The van der Waals surface area contributed by atoms with Gasteiger partial charge >= 0.3 is 0 Å². The van der Waals surface area contributed by atoms with E-state index in [1.165, 1.54) is 24.0 Å². The van der Waals surface area contributed by atoms with E-state index in [1.54, 1.807) is 0 Å². The molecule has 0 saturated heterocycles. The van der Waals surface area contributed by atoms with Gasteiger partial charge in [-0.1, -0.05) is 38.1 Å². The van der Waals surface area contributed by atoms with Crippen LogP contribution in [0.2, 0.25) is 0 Å². The van der Waals surface area contributed by atoms with Crippen molar-refractivity contribution in [1.82, 2.24) is 5.32 Å². The van der Waals surface area contributed by atoms with Crippen LogP contribution in [0.3, 0.4) is 0 Å². The lowest BCUT2D eigenvalue weighted by Gasteiger charge is -2.18. The van der Waals surface area contributed by atoms with Crippen LogP contribution in [-0.2, 0) is 0 Å². The summed E-state index contributed by atoms with van der Waals surface area (Å²) in [5, 5.41) is 12.8. The van der Waals surface area contributed by atoms with E-state index in [9.17, 15) is 5.11 Å². The molecule has 0 radical (unpaired) electrons. The predicted octanol–water partition coefficient (Wildman–Crippen LogP) is 2.84. The molecule has 2 heteroatoms. The first kappa shape index (κ1) is 12.6. The minimum atomic E-state index is 0.0747. The number of rotatable bonds is 6. The highest BCUT2D eigenvalue weighted by molar-refractivity contribution is 5.29. The number of hydrogen-bond donors (Lipinski definition) is 2. The molecule has 2 N–H and O–H groups in total. The quantitative estimate of drug-likeness (QED) is 0.792. The van der Waals surface area contributed by atoms with Crippen molar-refractivity contribution in [2.24, 2.45) is 5.92 Å². The largest absolute Gasteiger partial charge is 0.394 e. The molecular formula is C15H23NO. The van der Waals surface area contributed by atoms with Gasteiger partial charge in [0.1, 0.15) is 0 Å². The summed E-state index contributed by atoms with van der Waals surface area (Å²) in [5.41, 5.74) is 2.65. The molecular weight excluding hydrogens is 210 g/mol. The Balaban J connectivity index is 1.97. The summed E-state index contributed by atoms with van der Waals surface area (Å²) >= 11 is 0. The van der Waals surface area contributed by atoms with Gasteiger partial charge in [0.05, 0.1) is 12.6 Å². The van der Waals surface area contributed by atoms with E-state index < -0.39 is 0 Å². The van der Waals surface area contributed by atoms with Crippen LogP contribution in [0.4, 0.5) is 0 Å². The molecule has 0 amide bonds. The van der Waals surface area contributed by atoms with Crippen molar-refractivity contribution >= 4 is 0 Å². The minimum Gasteiger partial charge on any atom is -0.394 e. The van der Waals surface area contributed by atoms with Gasteiger partial charge in [-0.05, 0) is 42.3 Å². The Bertz CT molecular complexity index is 340. The van der Waals surface area contributed by atoms with Crippen molar-refractivity contribution in [3.8, 4) is 0 Å². The van der Waals surface area contributed by atoms with Crippen LogP contribution >= 0.6 is 0 Å². The zero-order chi connectivity index (χ0) is 12.3. The molecule has 1 fully saturated rings. The third-order valence-electron chi connectivity index (χ3n) is 3.34. The number of aliphatic hydroxyl groups excluding tert-OH is 1. The van der Waals surface area contributed by atoms with Crippen molar-refractivity contribution in [3.63, 3.8) is 0 Å². The molecule has 0 aliphatic heterocycles. The molecule has 1 unspecified atom stereocenters. The van der Waals surface area contributed by atoms with Crippen LogP contribution < -0.4 is 5.32 Å². The van der Waals surface area contributed by atoms with Crippen molar-refractivity contribution in [2.75, 3.05) is 13.2 Å². The molecule has 17 heavy (non-hydrogen) atoms. The maximum atomic E-state index is 9.42. The highest BCUT2D eigenvalue weighted by Crippen LogP contribution is 2.40. The van der Waals surface area contributed by atoms with Gasteiger partial charge in [0, 0.05) is 0 Å². The Kier molecular flexibility index (Phi) is 4.19. The fourth-order valence-electron chi connectivity index (χ4n) is 2.08. The van der Waals surface area contributed by atoms with Crippen LogP contribution in [0.25, 0.3) is 0 Å². The van der Waals surface area contributed by atoms with Crippen LogP contribution in [-0.4, -0.2) is 18.3 Å². The molecule has 1 atom stereocenters. The van der Waals surface area contributed by atoms with Crippen molar-refractivity contribution < 1.29 is 5.11 Å². The molecule has 0 bridgehead atoms. The molecule has 0 heterocycles. The standard InChI is InChI=1S/C15H23NO/c1-11(2)9-16-15(10-17)14-7-5-13(6-8-14)12-3-4-12/h5-8,11-12,15-17H,3-4,9-10H2,1-2H3. The molecule has 0 spiro atoms. The van der Waals surface area contributed by atoms with Gasteiger partial charge in [-0.25, -0.2) is 0 Å². The maximum Gasteiger partial charge on any atom is 0.0626 e. The first-order valence-electron chi connectivity index (χ1n) is 6.64. The SMILES string of the molecule is CC(C)CNC(CO)c1ccc(C2CC2)cc1. The lowest BCUT2D eigenvalue weighted by Crippen LogP contribution is -2.27. The van der Waals surface area contributed by atoms with Crippen LogP contribution in [0, 0.1) is 5.92 Å². The molecule has 94 valence electrons. The van der Waals surface area contributed by atoms with E-state index >= 15 is 0 Å². The van der Waals surface area contributed by atoms with E-state index in [4.69, 9.17) is 0 Å². The minimum absolute atomic E-state index is 0.0747. The fourth-order valence-corrected chi connectivity index (χ4v) is 2.08. The monoisotopic (exact) mass is 233 g/mol. The summed E-state index contributed by atoms with van der Waals surface area (Å²) in [6.07, 6.45) is 2.68. The van der Waals surface area contributed by atoms with Gasteiger partial charge in [0.2, 0.25) is 0 Å². The molecule has 2 nitrogen and oxygen atoms in total. The number of nitrogens with one attached hydrogen (secondary N) is 1. The van der Waals surface area contributed by atoms with Crippen molar-refractivity contribution in [3.05, 3.63) is 35.4 Å². The van der Waals surface area contributed by atoms with Crippen molar-refractivity contribution in [1.29, 1.82) is 0 Å². The lowest BCUT2D eigenvalue weighted by atomic mass is 10.0. The summed E-state index contributed by atoms with van der Waals surface area (Å²) in [6.45, 7) is 5.46. The van der Waals surface area contributed by atoms with E-state index in [2.05, 4.69) is 43.4 Å². The third-order valence-corrected chi connectivity index (χ3v) is 3.34. The summed E-state index contributed by atoms with van der Waals surface area (Å²) in [6, 6.07) is 8.81. The smallest absolute Gasteiger partial charge is 0.0626 e. The van der Waals surface area contributed by atoms with Gasteiger partial charge in [-0.15, -0.1) is 0 Å². The molecule has 1 saturated carbocycles. The van der Waals surface area contributed by atoms with E-state index in [-0.39, 0.29) is 12.6 Å². The second kappa shape index (κ2) is 5.65. The van der Waals surface area contributed by atoms with E-state index in [0.717, 1.165) is 12.5 Å². The third kappa shape index (κ3) is 3.55. The van der Waals surface area contributed by atoms with Crippen LogP contribution in [0.5, 0.6) is 0 Å². The average Bonchev–Trinajstić information content (AvgIpc) is 3.14. The molecule has 1 aliphatic carbocycles. The van der Waals surface area contributed by atoms with Gasteiger partial charge in [-0.3, -0.25) is 0 Å². The molecule has 1 aromatic carbocycles. The molecule has 1 aromatic rings. The summed E-state index contributed by atoms with van der Waals surface area (Å²) in [7, 11) is 0. The van der Waals surface area contributed by atoms with Gasteiger partial charge < -0.3 is 10.4 Å². The van der Waals surface area contributed by atoms with Crippen LogP contribution in [0.15, 0.2) is 24.3 Å². The molecule has 0 aromatic heterocycles. The Morgan fingerprint density at radius 1 is 1.24 bits per heavy atom. The highest BCUT2D eigenvalue weighted by Gasteiger charge is 2.23. The normalized spacial score (nSPS) is 17.4. The Hall–Kier alpha value is -0.860. The van der Waals surface area contributed by atoms with Gasteiger partial charge in [0.25, 0.3) is 0 Å². The van der Waals surface area contributed by atoms with Crippen LogP contribution in [0.1, 0.15) is 49.8 Å².